The number of nitrogens with two attached hydrogens (primary N) is 1. The van der Waals surface area contributed by atoms with Crippen LogP contribution < -0.4 is 10.5 Å². The molecule has 2 N–H and O–H groups in total. The molecule has 0 amide bonds. The van der Waals surface area contributed by atoms with E-state index in [4.69, 9.17) is 27.4 Å². The Balaban J connectivity index is 0.00000264. The number of nitrogens with zero attached hydrogens (tertiary/aromatic N) is 1. The Morgan fingerprint density at radius 3 is 2.43 bits per heavy atom. The van der Waals surface area contributed by atoms with Gasteiger partial charge in [0.2, 0.25) is 0 Å². The van der Waals surface area contributed by atoms with Gasteiger partial charge in [0.1, 0.15) is 24.9 Å². The van der Waals surface area contributed by atoms with Gasteiger partial charge in [-0.05, 0) is 24.3 Å². The van der Waals surface area contributed by atoms with Gasteiger partial charge in [0.05, 0.1) is 10.7 Å². The zero-order valence-corrected chi connectivity index (χ0v) is 13.9. The van der Waals surface area contributed by atoms with Gasteiger partial charge < -0.3 is 15.2 Å². The van der Waals surface area contributed by atoms with E-state index in [9.17, 15) is 4.79 Å². The molecule has 0 fully saturated rings. The third kappa shape index (κ3) is 5.84. The predicted octanol–water partition coefficient (Wildman–Crippen LogP) is 2.50. The zero-order chi connectivity index (χ0) is 15.8. The number of thiocarbonyl (C=S) groups is 1. The Kier molecular flexibility index (Phi) is 8.01. The average molecular weight is 353 g/mol. The van der Waals surface area contributed by atoms with Crippen LogP contribution in [0.15, 0.2) is 54.7 Å². The van der Waals surface area contributed by atoms with Crippen molar-refractivity contribution < 1.29 is 14.3 Å². The van der Waals surface area contributed by atoms with Crippen LogP contribution in [0.25, 0.3) is 0 Å². The Morgan fingerprint density at radius 2 is 1.83 bits per heavy atom. The van der Waals surface area contributed by atoms with E-state index in [-0.39, 0.29) is 30.6 Å². The molecule has 0 spiro atoms. The first-order chi connectivity index (χ1) is 10.7. The molecule has 0 aliphatic heterocycles. The van der Waals surface area contributed by atoms with Gasteiger partial charge in [-0.25, -0.2) is 0 Å². The maximum Gasteiger partial charge on any atom is 0.322 e. The van der Waals surface area contributed by atoms with Crippen molar-refractivity contribution in [2.45, 2.75) is 5.92 Å². The van der Waals surface area contributed by atoms with Crippen LogP contribution >= 0.6 is 24.6 Å². The van der Waals surface area contributed by atoms with E-state index in [0.717, 1.165) is 0 Å². The fourth-order valence-corrected chi connectivity index (χ4v) is 2.05. The van der Waals surface area contributed by atoms with Crippen LogP contribution in [-0.2, 0) is 9.53 Å². The summed E-state index contributed by atoms with van der Waals surface area (Å²) < 4.78 is 10.6. The lowest BCUT2D eigenvalue weighted by atomic mass is 10.1. The Labute approximate surface area is 146 Å². The lowest BCUT2D eigenvalue weighted by Gasteiger charge is -2.14. The summed E-state index contributed by atoms with van der Waals surface area (Å²) in [6.07, 6.45) is 1.58. The van der Waals surface area contributed by atoms with Gasteiger partial charge >= 0.3 is 5.97 Å². The van der Waals surface area contributed by atoms with Crippen molar-refractivity contribution in [3.05, 3.63) is 60.4 Å². The largest absolute Gasteiger partial charge is 0.490 e. The number of pyridine rings is 1. The van der Waals surface area contributed by atoms with Gasteiger partial charge in [-0.2, -0.15) is 0 Å². The first-order valence-electron chi connectivity index (χ1n) is 6.73. The molecule has 2 rings (SSSR count). The minimum atomic E-state index is -0.840. The fourth-order valence-electron chi connectivity index (χ4n) is 1.83. The summed E-state index contributed by atoms with van der Waals surface area (Å²) in [5, 5.41) is 0. The van der Waals surface area contributed by atoms with Gasteiger partial charge in [0, 0.05) is 6.20 Å². The van der Waals surface area contributed by atoms with Crippen molar-refractivity contribution in [2.24, 2.45) is 5.73 Å². The highest BCUT2D eigenvalue weighted by molar-refractivity contribution is 7.80. The van der Waals surface area contributed by atoms with E-state index in [2.05, 4.69) is 4.98 Å². The zero-order valence-electron chi connectivity index (χ0n) is 12.3. The van der Waals surface area contributed by atoms with Crippen molar-refractivity contribution in [3.8, 4) is 5.75 Å². The predicted molar refractivity (Wildman–Crippen MR) is 93.9 cm³/mol. The summed E-state index contributed by atoms with van der Waals surface area (Å²) >= 11 is 4.94. The van der Waals surface area contributed by atoms with Gasteiger partial charge in [0.15, 0.2) is 0 Å². The van der Waals surface area contributed by atoms with Crippen LogP contribution in [0.1, 0.15) is 11.6 Å². The number of hydrogen-bond donors (Lipinski definition) is 1. The average Bonchev–Trinajstić information content (AvgIpc) is 2.53. The molecular formula is C16H17ClN2O3S. The van der Waals surface area contributed by atoms with Crippen LogP contribution in [0.3, 0.4) is 0 Å². The van der Waals surface area contributed by atoms with Crippen LogP contribution in [0.4, 0.5) is 0 Å². The summed E-state index contributed by atoms with van der Waals surface area (Å²) in [6, 6.07) is 14.5. The molecular weight excluding hydrogens is 336 g/mol. The molecule has 1 unspecified atom stereocenters. The first-order valence-corrected chi connectivity index (χ1v) is 7.14. The van der Waals surface area contributed by atoms with Crippen molar-refractivity contribution in [2.75, 3.05) is 13.2 Å². The summed E-state index contributed by atoms with van der Waals surface area (Å²) in [5.74, 6) is -0.648. The monoisotopic (exact) mass is 352 g/mol. The van der Waals surface area contributed by atoms with Crippen molar-refractivity contribution in [1.82, 2.24) is 4.98 Å². The second-order valence-electron chi connectivity index (χ2n) is 4.42. The Morgan fingerprint density at radius 1 is 1.13 bits per heavy atom. The highest BCUT2D eigenvalue weighted by atomic mass is 35.5. The number of carbonyl (C=O) groups is 1. The molecule has 1 aromatic heterocycles. The molecule has 1 atom stereocenters. The molecule has 0 saturated heterocycles. The van der Waals surface area contributed by atoms with E-state index in [1.807, 2.05) is 30.3 Å². The van der Waals surface area contributed by atoms with E-state index in [1.54, 1.807) is 24.4 Å². The number of para-hydroxylation sites is 1. The number of aromatic nitrogens is 1. The molecule has 0 radical (unpaired) electrons. The molecule has 1 aromatic carbocycles. The number of carbonyl (C=O) groups excluding carboxylic acids is 1. The van der Waals surface area contributed by atoms with E-state index in [1.165, 1.54) is 0 Å². The maximum absolute atomic E-state index is 12.1. The number of benzene rings is 1. The minimum Gasteiger partial charge on any atom is -0.490 e. The van der Waals surface area contributed by atoms with Crippen LogP contribution in [0, 0.1) is 0 Å². The third-order valence-electron chi connectivity index (χ3n) is 2.84. The van der Waals surface area contributed by atoms with Crippen LogP contribution in [0.5, 0.6) is 5.75 Å². The van der Waals surface area contributed by atoms with Gasteiger partial charge in [-0.3, -0.25) is 9.78 Å². The summed E-state index contributed by atoms with van der Waals surface area (Å²) in [4.78, 5) is 16.2. The molecule has 122 valence electrons. The van der Waals surface area contributed by atoms with E-state index in [0.29, 0.717) is 11.4 Å². The summed E-state index contributed by atoms with van der Waals surface area (Å²) in [7, 11) is 0. The van der Waals surface area contributed by atoms with Crippen molar-refractivity contribution in [1.29, 1.82) is 0 Å². The van der Waals surface area contributed by atoms with Crippen LogP contribution in [0.2, 0.25) is 0 Å². The van der Waals surface area contributed by atoms with Crippen molar-refractivity contribution in [3.63, 3.8) is 0 Å². The highest BCUT2D eigenvalue weighted by Crippen LogP contribution is 2.15. The number of hydrogen-bond acceptors (Lipinski definition) is 5. The number of ether oxygens (including phenoxy) is 2. The topological polar surface area (TPSA) is 74.4 Å². The second-order valence-corrected chi connectivity index (χ2v) is 4.89. The van der Waals surface area contributed by atoms with Gasteiger partial charge in [-0.15, -0.1) is 12.4 Å². The maximum atomic E-state index is 12.1. The summed E-state index contributed by atoms with van der Waals surface area (Å²) in [6.45, 7) is 0.363. The highest BCUT2D eigenvalue weighted by Gasteiger charge is 2.26. The lowest BCUT2D eigenvalue weighted by Crippen LogP contribution is -2.30. The molecule has 7 heteroatoms. The number of rotatable bonds is 7. The van der Waals surface area contributed by atoms with E-state index >= 15 is 0 Å². The molecule has 0 saturated carbocycles. The van der Waals surface area contributed by atoms with Crippen LogP contribution in [-0.4, -0.2) is 29.2 Å². The minimum absolute atomic E-state index is 0. The number of esters is 1. The van der Waals surface area contributed by atoms with Gasteiger partial charge in [0.25, 0.3) is 0 Å². The molecule has 1 heterocycles. The second kappa shape index (κ2) is 9.76. The molecule has 0 aliphatic rings. The molecule has 0 bridgehead atoms. The fraction of sp³-hybridized carbons (Fsp3) is 0.188. The lowest BCUT2D eigenvalue weighted by molar-refractivity contribution is -0.144. The normalized spacial score (nSPS) is 11.0. The third-order valence-corrected chi connectivity index (χ3v) is 3.08. The van der Waals surface area contributed by atoms with Gasteiger partial charge in [-0.1, -0.05) is 36.5 Å². The molecule has 5 nitrogen and oxygen atoms in total. The quantitative estimate of drug-likeness (QED) is 0.469. The first kappa shape index (κ1) is 18.9. The SMILES string of the molecule is Cl.NC(=S)C(C(=O)OCCOc1ccccc1)c1ccccn1. The van der Waals surface area contributed by atoms with Crippen molar-refractivity contribution >= 4 is 35.6 Å². The Hall–Kier alpha value is -2.18. The molecule has 23 heavy (non-hydrogen) atoms. The van der Waals surface area contributed by atoms with E-state index < -0.39 is 11.9 Å². The summed E-state index contributed by atoms with van der Waals surface area (Å²) in [5.41, 5.74) is 6.10. The molecule has 0 aliphatic carbocycles. The Bertz CT molecular complexity index is 626. The standard InChI is InChI=1S/C16H16N2O3S.ClH/c17-15(22)14(13-8-4-5-9-18-13)16(19)21-11-10-20-12-6-2-1-3-7-12;/h1-9,14H,10-11H2,(H2,17,22);1H. The number of halogens is 1. The smallest absolute Gasteiger partial charge is 0.322 e. The molecule has 2 aromatic rings.